The monoisotopic (exact) mass is 273 g/mol. The van der Waals surface area contributed by atoms with Crippen LogP contribution in [-0.4, -0.2) is 21.2 Å². The molecule has 0 fully saturated rings. The first kappa shape index (κ1) is 12.9. The number of anilines is 2. The van der Waals surface area contributed by atoms with Crippen LogP contribution in [0, 0.1) is 0 Å². The summed E-state index contributed by atoms with van der Waals surface area (Å²) < 4.78 is 40.7. The Hall–Kier alpha value is -2.58. The summed E-state index contributed by atoms with van der Waals surface area (Å²) in [5.41, 5.74) is -0.0645. The van der Waals surface area contributed by atoms with E-state index in [1.54, 1.807) is 0 Å². The lowest BCUT2D eigenvalue weighted by atomic mass is 10.2. The Balaban J connectivity index is 2.27. The molecule has 0 saturated heterocycles. The van der Waals surface area contributed by atoms with E-state index in [0.29, 0.717) is 0 Å². The van der Waals surface area contributed by atoms with Gasteiger partial charge in [-0.1, -0.05) is 12.1 Å². The predicted octanol–water partition coefficient (Wildman–Crippen LogP) is 2.53. The number of hydrogen-bond acceptors (Lipinski definition) is 5. The number of rotatable bonds is 3. The number of aromatic nitrogens is 2. The molecule has 1 aromatic heterocycles. The lowest BCUT2D eigenvalue weighted by Crippen LogP contribution is -2.06. The van der Waals surface area contributed by atoms with Crippen molar-refractivity contribution >= 4 is 17.6 Å². The van der Waals surface area contributed by atoms with Gasteiger partial charge in [0.25, 0.3) is 5.95 Å². The average Bonchev–Trinajstić information content (AvgIpc) is 2.77. The predicted molar refractivity (Wildman–Crippen MR) is 56.0 cm³/mol. The second-order valence-corrected chi connectivity index (χ2v) is 3.40. The van der Waals surface area contributed by atoms with Crippen molar-refractivity contribution in [1.82, 2.24) is 10.1 Å². The van der Waals surface area contributed by atoms with Crippen LogP contribution < -0.4 is 5.32 Å². The lowest BCUT2D eigenvalue weighted by Gasteiger charge is -2.04. The van der Waals surface area contributed by atoms with Crippen LogP contribution in [0.15, 0.2) is 28.8 Å². The van der Waals surface area contributed by atoms with Crippen molar-refractivity contribution in [2.75, 3.05) is 5.32 Å². The van der Waals surface area contributed by atoms with Gasteiger partial charge in [0.1, 0.15) is 0 Å². The van der Waals surface area contributed by atoms with Crippen LogP contribution in [0.1, 0.15) is 16.2 Å². The van der Waals surface area contributed by atoms with E-state index in [9.17, 15) is 18.0 Å². The molecule has 0 aliphatic carbocycles. The fourth-order valence-corrected chi connectivity index (χ4v) is 1.29. The van der Waals surface area contributed by atoms with Crippen LogP contribution in [0.25, 0.3) is 0 Å². The zero-order valence-corrected chi connectivity index (χ0v) is 9.10. The summed E-state index contributed by atoms with van der Waals surface area (Å²) in [7, 11) is 0. The molecule has 0 unspecified atom stereocenters. The number of carbonyl (C=O) groups is 1. The van der Waals surface area contributed by atoms with E-state index in [1.165, 1.54) is 24.3 Å². The van der Waals surface area contributed by atoms with Crippen LogP contribution in [0.3, 0.4) is 0 Å². The van der Waals surface area contributed by atoms with Crippen LogP contribution in [-0.2, 0) is 6.18 Å². The van der Waals surface area contributed by atoms with Gasteiger partial charge >= 0.3 is 18.0 Å². The Morgan fingerprint density at radius 3 is 2.58 bits per heavy atom. The van der Waals surface area contributed by atoms with Crippen molar-refractivity contribution in [3.8, 4) is 0 Å². The Morgan fingerprint density at radius 1 is 1.32 bits per heavy atom. The minimum Gasteiger partial charge on any atom is -0.478 e. The molecular weight excluding hydrogens is 267 g/mol. The molecule has 0 bridgehead atoms. The van der Waals surface area contributed by atoms with Gasteiger partial charge in [0.15, 0.2) is 0 Å². The molecule has 2 aromatic rings. The third-order valence-corrected chi connectivity index (χ3v) is 2.07. The van der Waals surface area contributed by atoms with Gasteiger partial charge < -0.3 is 14.9 Å². The second kappa shape index (κ2) is 4.59. The van der Waals surface area contributed by atoms with E-state index in [0.717, 1.165) is 0 Å². The smallest absolute Gasteiger partial charge is 0.471 e. The van der Waals surface area contributed by atoms with Crippen LogP contribution in [0.5, 0.6) is 0 Å². The molecule has 0 amide bonds. The van der Waals surface area contributed by atoms with Crippen molar-refractivity contribution in [2.24, 2.45) is 0 Å². The molecule has 2 N–H and O–H groups in total. The Morgan fingerprint density at radius 2 is 2.00 bits per heavy atom. The molecule has 0 saturated carbocycles. The van der Waals surface area contributed by atoms with Crippen LogP contribution >= 0.6 is 0 Å². The number of nitrogens with zero attached hydrogens (tertiary/aromatic N) is 2. The van der Waals surface area contributed by atoms with E-state index >= 15 is 0 Å². The number of carboxylic acid groups (broad SMARTS) is 1. The number of halogens is 3. The van der Waals surface area contributed by atoms with E-state index < -0.39 is 24.0 Å². The van der Waals surface area contributed by atoms with Crippen molar-refractivity contribution < 1.29 is 27.6 Å². The number of hydrogen-bond donors (Lipinski definition) is 2. The van der Waals surface area contributed by atoms with Gasteiger partial charge in [-0.2, -0.15) is 18.2 Å². The Labute approximate surface area is 103 Å². The van der Waals surface area contributed by atoms with Gasteiger partial charge in [-0.05, 0) is 17.3 Å². The molecule has 0 atom stereocenters. The van der Waals surface area contributed by atoms with Gasteiger partial charge in [-0.25, -0.2) is 4.79 Å². The number of carboxylic acids is 1. The minimum atomic E-state index is -4.75. The van der Waals surface area contributed by atoms with E-state index in [4.69, 9.17) is 5.11 Å². The third-order valence-electron chi connectivity index (χ3n) is 2.07. The SMILES string of the molecule is O=C(O)c1ccccc1Nc1noc(C(F)(F)F)n1. The maximum absolute atomic E-state index is 12.2. The summed E-state index contributed by atoms with van der Waals surface area (Å²) in [6.07, 6.45) is -4.75. The highest BCUT2D eigenvalue weighted by Crippen LogP contribution is 2.29. The van der Waals surface area contributed by atoms with Crippen LogP contribution in [0.4, 0.5) is 24.8 Å². The molecule has 0 radical (unpaired) electrons. The zero-order chi connectivity index (χ0) is 14.0. The number of para-hydroxylation sites is 1. The second-order valence-electron chi connectivity index (χ2n) is 3.40. The highest BCUT2D eigenvalue weighted by molar-refractivity contribution is 5.94. The van der Waals surface area contributed by atoms with Gasteiger partial charge in [0, 0.05) is 0 Å². The van der Waals surface area contributed by atoms with Crippen LogP contribution in [0.2, 0.25) is 0 Å². The van der Waals surface area contributed by atoms with E-state index in [-0.39, 0.29) is 11.3 Å². The van der Waals surface area contributed by atoms with Crippen molar-refractivity contribution in [3.63, 3.8) is 0 Å². The normalized spacial score (nSPS) is 11.3. The maximum Gasteiger partial charge on any atom is 0.471 e. The standard InChI is InChI=1S/C10H6F3N3O3/c11-10(12,13)8-15-9(16-19-8)14-6-4-2-1-3-5(6)7(17)18/h1-4H,(H,14,16)(H,17,18). The quantitative estimate of drug-likeness (QED) is 0.893. The highest BCUT2D eigenvalue weighted by atomic mass is 19.4. The number of alkyl halides is 3. The topological polar surface area (TPSA) is 88.2 Å². The summed E-state index contributed by atoms with van der Waals surface area (Å²) in [6.45, 7) is 0. The summed E-state index contributed by atoms with van der Waals surface area (Å²) >= 11 is 0. The zero-order valence-electron chi connectivity index (χ0n) is 9.10. The minimum absolute atomic E-state index is 0.0597. The third kappa shape index (κ3) is 2.81. The largest absolute Gasteiger partial charge is 0.478 e. The first-order chi connectivity index (χ1) is 8.88. The molecule has 1 aromatic carbocycles. The first-order valence-electron chi connectivity index (χ1n) is 4.88. The first-order valence-corrected chi connectivity index (χ1v) is 4.88. The number of nitrogens with one attached hydrogen (secondary N) is 1. The summed E-state index contributed by atoms with van der Waals surface area (Å²) in [5.74, 6) is -3.22. The Kier molecular flexibility index (Phi) is 3.11. The lowest BCUT2D eigenvalue weighted by molar-refractivity contribution is -0.159. The van der Waals surface area contributed by atoms with Crippen molar-refractivity contribution in [1.29, 1.82) is 0 Å². The fraction of sp³-hybridized carbons (Fsp3) is 0.100. The van der Waals surface area contributed by atoms with Crippen molar-refractivity contribution in [3.05, 3.63) is 35.7 Å². The molecule has 6 nitrogen and oxygen atoms in total. The molecule has 100 valence electrons. The molecular formula is C10H6F3N3O3. The van der Waals surface area contributed by atoms with Crippen molar-refractivity contribution in [2.45, 2.75) is 6.18 Å². The van der Waals surface area contributed by atoms with Gasteiger partial charge in [-0.15, -0.1) is 0 Å². The molecule has 0 spiro atoms. The molecule has 2 rings (SSSR count). The Bertz CT molecular complexity index is 609. The molecule has 9 heteroatoms. The van der Waals surface area contributed by atoms with E-state index in [2.05, 4.69) is 20.0 Å². The number of benzene rings is 1. The maximum atomic E-state index is 12.2. The summed E-state index contributed by atoms with van der Waals surface area (Å²) in [5, 5.41) is 14.3. The average molecular weight is 273 g/mol. The molecule has 1 heterocycles. The molecule has 19 heavy (non-hydrogen) atoms. The van der Waals surface area contributed by atoms with Gasteiger partial charge in [0.2, 0.25) is 0 Å². The van der Waals surface area contributed by atoms with Gasteiger partial charge in [0.05, 0.1) is 11.3 Å². The molecule has 0 aliphatic rings. The summed E-state index contributed by atoms with van der Waals surface area (Å²) in [4.78, 5) is 14.0. The van der Waals surface area contributed by atoms with E-state index in [1.807, 2.05) is 0 Å². The fourth-order valence-electron chi connectivity index (χ4n) is 1.29. The summed E-state index contributed by atoms with van der Waals surface area (Å²) in [6, 6.07) is 5.65. The highest BCUT2D eigenvalue weighted by Gasteiger charge is 2.38. The molecule has 0 aliphatic heterocycles. The van der Waals surface area contributed by atoms with Gasteiger partial charge in [-0.3, -0.25) is 0 Å². The number of aromatic carboxylic acids is 1.